The van der Waals surface area contributed by atoms with Gasteiger partial charge in [0, 0.05) is 0 Å². The molecular formula is C12H21N3O2. The molecule has 1 rings (SSSR count). The number of nitrogens with one attached hydrogen (secondary N) is 1. The minimum absolute atomic E-state index is 0.161. The Morgan fingerprint density at radius 1 is 1.59 bits per heavy atom. The summed E-state index contributed by atoms with van der Waals surface area (Å²) in [6, 6.07) is -0.746. The number of amides is 1. The first kappa shape index (κ1) is 13.7. The molecule has 0 radical (unpaired) electrons. The number of aromatic nitrogens is 1. The lowest BCUT2D eigenvalue weighted by Gasteiger charge is -2.19. The summed E-state index contributed by atoms with van der Waals surface area (Å²) in [5.41, 5.74) is 5.84. The average Bonchev–Trinajstić information content (AvgIpc) is 2.73. The van der Waals surface area contributed by atoms with Crippen LogP contribution in [0.1, 0.15) is 44.9 Å². The molecule has 0 fully saturated rings. The fourth-order valence-electron chi connectivity index (χ4n) is 1.46. The van der Waals surface area contributed by atoms with Gasteiger partial charge in [0.25, 0.3) is 0 Å². The van der Waals surface area contributed by atoms with Crippen molar-refractivity contribution >= 4 is 5.91 Å². The van der Waals surface area contributed by atoms with Gasteiger partial charge in [-0.1, -0.05) is 20.3 Å². The number of carbonyl (C=O) groups is 1. The quantitative estimate of drug-likeness (QED) is 0.816. The van der Waals surface area contributed by atoms with E-state index in [1.165, 1.54) is 0 Å². The van der Waals surface area contributed by atoms with E-state index in [0.717, 1.165) is 12.2 Å². The molecule has 1 aromatic rings. The van der Waals surface area contributed by atoms with Crippen molar-refractivity contribution in [3.63, 3.8) is 0 Å². The Labute approximate surface area is 102 Å². The smallest absolute Gasteiger partial charge is 0.237 e. The summed E-state index contributed by atoms with van der Waals surface area (Å²) >= 11 is 0. The van der Waals surface area contributed by atoms with Gasteiger partial charge in [-0.15, -0.1) is 0 Å². The van der Waals surface area contributed by atoms with Gasteiger partial charge in [0.1, 0.15) is 11.8 Å². The molecule has 5 nitrogen and oxygen atoms in total. The van der Waals surface area contributed by atoms with Crippen molar-refractivity contribution in [3.8, 4) is 0 Å². The van der Waals surface area contributed by atoms with E-state index in [4.69, 9.17) is 10.2 Å². The zero-order valence-corrected chi connectivity index (χ0v) is 10.9. The van der Waals surface area contributed by atoms with Crippen molar-refractivity contribution in [2.45, 2.75) is 46.2 Å². The van der Waals surface area contributed by atoms with E-state index in [2.05, 4.69) is 10.3 Å². The molecule has 96 valence electrons. The lowest BCUT2D eigenvalue weighted by molar-refractivity contribution is -0.124. The van der Waals surface area contributed by atoms with Crippen molar-refractivity contribution in [1.82, 2.24) is 10.3 Å². The first-order chi connectivity index (χ1) is 7.95. The van der Waals surface area contributed by atoms with E-state index in [1.54, 1.807) is 6.20 Å². The number of rotatable bonds is 5. The molecule has 0 aromatic carbocycles. The Kier molecular flexibility index (Phi) is 4.69. The maximum absolute atomic E-state index is 11.8. The first-order valence-corrected chi connectivity index (χ1v) is 5.94. The lowest BCUT2D eigenvalue weighted by Crippen LogP contribution is -2.45. The molecular weight excluding hydrogens is 218 g/mol. The summed E-state index contributed by atoms with van der Waals surface area (Å²) in [4.78, 5) is 15.9. The van der Waals surface area contributed by atoms with Crippen molar-refractivity contribution in [2.75, 3.05) is 0 Å². The molecule has 0 saturated carbocycles. The highest BCUT2D eigenvalue weighted by molar-refractivity contribution is 5.82. The lowest BCUT2D eigenvalue weighted by atomic mass is 9.99. The second-order valence-electron chi connectivity index (χ2n) is 4.45. The molecule has 0 saturated heterocycles. The molecule has 3 N–H and O–H groups in total. The van der Waals surface area contributed by atoms with Gasteiger partial charge in [0.05, 0.1) is 12.2 Å². The highest BCUT2D eigenvalue weighted by Gasteiger charge is 2.22. The summed E-state index contributed by atoms with van der Waals surface area (Å²) in [7, 11) is 0. The Morgan fingerprint density at radius 3 is 2.71 bits per heavy atom. The molecule has 1 heterocycles. The number of aryl methyl sites for hydroxylation is 1. The molecule has 0 aliphatic rings. The van der Waals surface area contributed by atoms with Crippen LogP contribution in [0.2, 0.25) is 0 Å². The van der Waals surface area contributed by atoms with Gasteiger partial charge < -0.3 is 15.5 Å². The van der Waals surface area contributed by atoms with Gasteiger partial charge >= 0.3 is 0 Å². The number of oxazole rings is 1. The standard InChI is InChI=1S/C12H21N3O2/c1-5-7(2)10(13)11(16)15-9(4)12-14-6-8(3)17-12/h6-7,9-10H,5,13H2,1-4H3,(H,15,16)/t7?,9?,10-/m0/s1. The summed E-state index contributed by atoms with van der Waals surface area (Å²) in [5, 5.41) is 2.80. The summed E-state index contributed by atoms with van der Waals surface area (Å²) in [5.74, 6) is 1.23. The van der Waals surface area contributed by atoms with Gasteiger partial charge in [-0.05, 0) is 19.8 Å². The van der Waals surface area contributed by atoms with Crippen LogP contribution in [0.3, 0.4) is 0 Å². The van der Waals surface area contributed by atoms with Crippen molar-refractivity contribution in [3.05, 3.63) is 17.8 Å². The van der Waals surface area contributed by atoms with Gasteiger partial charge in [-0.2, -0.15) is 0 Å². The van der Waals surface area contributed by atoms with Gasteiger partial charge in [0.2, 0.25) is 11.8 Å². The van der Waals surface area contributed by atoms with Crippen LogP contribution in [0.5, 0.6) is 0 Å². The fraction of sp³-hybridized carbons (Fsp3) is 0.667. The predicted molar refractivity (Wildman–Crippen MR) is 65.2 cm³/mol. The topological polar surface area (TPSA) is 81.2 Å². The second-order valence-corrected chi connectivity index (χ2v) is 4.45. The fourth-order valence-corrected chi connectivity index (χ4v) is 1.46. The van der Waals surface area contributed by atoms with E-state index < -0.39 is 6.04 Å². The zero-order valence-electron chi connectivity index (χ0n) is 10.9. The number of nitrogens with zero attached hydrogens (tertiary/aromatic N) is 1. The molecule has 17 heavy (non-hydrogen) atoms. The van der Waals surface area contributed by atoms with Gasteiger partial charge in [-0.3, -0.25) is 4.79 Å². The summed E-state index contributed by atoms with van der Waals surface area (Å²) < 4.78 is 5.35. The SMILES string of the molecule is CCC(C)[C@H](N)C(=O)NC(C)c1ncc(C)o1. The molecule has 1 aromatic heterocycles. The Morgan fingerprint density at radius 2 is 2.24 bits per heavy atom. The van der Waals surface area contributed by atoms with Gasteiger partial charge in [0.15, 0.2) is 0 Å². The molecule has 0 aliphatic carbocycles. The number of hydrogen-bond acceptors (Lipinski definition) is 4. The highest BCUT2D eigenvalue weighted by atomic mass is 16.4. The van der Waals surface area contributed by atoms with Crippen LogP contribution in [0.25, 0.3) is 0 Å². The monoisotopic (exact) mass is 239 g/mol. The van der Waals surface area contributed by atoms with Crippen molar-refractivity contribution < 1.29 is 9.21 Å². The molecule has 1 amide bonds. The summed E-state index contributed by atoms with van der Waals surface area (Å²) in [6.07, 6.45) is 2.51. The molecule has 0 bridgehead atoms. The Bertz CT molecular complexity index is 376. The molecule has 2 unspecified atom stereocenters. The zero-order chi connectivity index (χ0) is 13.0. The van der Waals surface area contributed by atoms with Crippen LogP contribution in [-0.4, -0.2) is 16.9 Å². The third-order valence-electron chi connectivity index (χ3n) is 2.93. The van der Waals surface area contributed by atoms with Crippen LogP contribution in [0, 0.1) is 12.8 Å². The number of nitrogens with two attached hydrogens (primary N) is 1. The average molecular weight is 239 g/mol. The molecule has 0 spiro atoms. The maximum Gasteiger partial charge on any atom is 0.237 e. The number of carbonyl (C=O) groups excluding carboxylic acids is 1. The minimum atomic E-state index is -0.487. The van der Waals surface area contributed by atoms with Crippen LogP contribution in [-0.2, 0) is 4.79 Å². The Hall–Kier alpha value is -1.36. The third-order valence-corrected chi connectivity index (χ3v) is 2.93. The predicted octanol–water partition coefficient (Wildman–Crippen LogP) is 1.53. The van der Waals surface area contributed by atoms with Crippen molar-refractivity contribution in [2.24, 2.45) is 11.7 Å². The largest absolute Gasteiger partial charge is 0.444 e. The van der Waals surface area contributed by atoms with E-state index in [0.29, 0.717) is 5.89 Å². The van der Waals surface area contributed by atoms with E-state index in [-0.39, 0.29) is 17.9 Å². The third kappa shape index (κ3) is 3.56. The van der Waals surface area contributed by atoms with Crippen molar-refractivity contribution in [1.29, 1.82) is 0 Å². The highest BCUT2D eigenvalue weighted by Crippen LogP contribution is 2.13. The van der Waals surface area contributed by atoms with Crippen LogP contribution < -0.4 is 11.1 Å². The van der Waals surface area contributed by atoms with Crippen LogP contribution in [0.15, 0.2) is 10.6 Å². The molecule has 5 heteroatoms. The van der Waals surface area contributed by atoms with Gasteiger partial charge in [-0.25, -0.2) is 4.98 Å². The van der Waals surface area contributed by atoms with E-state index >= 15 is 0 Å². The first-order valence-electron chi connectivity index (χ1n) is 5.94. The normalized spacial score (nSPS) is 16.3. The second kappa shape index (κ2) is 5.82. The van der Waals surface area contributed by atoms with E-state index in [9.17, 15) is 4.79 Å². The number of hydrogen-bond donors (Lipinski definition) is 2. The summed E-state index contributed by atoms with van der Waals surface area (Å²) in [6.45, 7) is 7.62. The Balaban J connectivity index is 2.57. The maximum atomic E-state index is 11.8. The molecule has 3 atom stereocenters. The van der Waals surface area contributed by atoms with Crippen LogP contribution in [0.4, 0.5) is 0 Å². The van der Waals surface area contributed by atoms with E-state index in [1.807, 2.05) is 27.7 Å². The minimum Gasteiger partial charge on any atom is -0.444 e. The van der Waals surface area contributed by atoms with Crippen LogP contribution >= 0.6 is 0 Å². The molecule has 0 aliphatic heterocycles.